The van der Waals surface area contributed by atoms with E-state index in [0.29, 0.717) is 11.4 Å². The molecule has 0 spiro atoms. The van der Waals surface area contributed by atoms with E-state index in [-0.39, 0.29) is 11.3 Å². The van der Waals surface area contributed by atoms with Gasteiger partial charge in [-0.1, -0.05) is 38.5 Å². The molecule has 29 heavy (non-hydrogen) atoms. The Labute approximate surface area is 174 Å². The van der Waals surface area contributed by atoms with Gasteiger partial charge in [0.25, 0.3) is 0 Å². The molecule has 0 aliphatic heterocycles. The summed E-state index contributed by atoms with van der Waals surface area (Å²) in [5.41, 5.74) is 4.80. The minimum atomic E-state index is -1.49. The Kier molecular flexibility index (Phi) is 7.71. The molecule has 1 heterocycles. The zero-order valence-corrected chi connectivity index (χ0v) is 18.0. The van der Waals surface area contributed by atoms with Crippen LogP contribution in [0.4, 0.5) is 0 Å². The smallest absolute Gasteiger partial charge is 0.133 e. The van der Waals surface area contributed by atoms with Crippen molar-refractivity contribution in [3.63, 3.8) is 0 Å². The number of aromatic nitrogens is 2. The van der Waals surface area contributed by atoms with Crippen molar-refractivity contribution in [2.24, 2.45) is 5.14 Å². The molecule has 0 saturated heterocycles. The first-order chi connectivity index (χ1) is 13.8. The number of nitrogens with two attached hydrogens (primary N) is 1. The summed E-state index contributed by atoms with van der Waals surface area (Å²) in [6.07, 6.45) is 1.25. The Bertz CT molecular complexity index is 1050. The highest BCUT2D eigenvalue weighted by atomic mass is 32.2. The fraction of sp³-hybridized carbons (Fsp3) is 0.273. The predicted molar refractivity (Wildman–Crippen MR) is 116 cm³/mol. The number of phenols is 1. The molecule has 0 aliphatic carbocycles. The molecule has 3 aromatic rings. The third-order valence-electron chi connectivity index (χ3n) is 4.28. The van der Waals surface area contributed by atoms with Gasteiger partial charge in [0.15, 0.2) is 0 Å². The van der Waals surface area contributed by atoms with Gasteiger partial charge in [0.05, 0.1) is 22.7 Å². The molecule has 1 atom stereocenters. The molecule has 0 amide bonds. The third kappa shape index (κ3) is 5.31. The summed E-state index contributed by atoms with van der Waals surface area (Å²) >= 11 is 0. The van der Waals surface area contributed by atoms with Crippen LogP contribution in [0.15, 0.2) is 47.4 Å². The summed E-state index contributed by atoms with van der Waals surface area (Å²) < 4.78 is 13.2. The highest BCUT2D eigenvalue weighted by Gasteiger charge is 2.15. The van der Waals surface area contributed by atoms with E-state index in [9.17, 15) is 9.32 Å². The van der Waals surface area contributed by atoms with Gasteiger partial charge in [0, 0.05) is 11.3 Å². The fourth-order valence-electron chi connectivity index (χ4n) is 2.95. The van der Waals surface area contributed by atoms with Crippen LogP contribution >= 0.6 is 0 Å². The Balaban J connectivity index is 0.000000941. The maximum Gasteiger partial charge on any atom is 0.133 e. The molecule has 1 aromatic heterocycles. The average Bonchev–Trinajstić information content (AvgIpc) is 2.96. The van der Waals surface area contributed by atoms with E-state index < -0.39 is 11.0 Å². The predicted octanol–water partition coefficient (Wildman–Crippen LogP) is 4.19. The van der Waals surface area contributed by atoms with Crippen molar-refractivity contribution in [2.45, 2.75) is 45.6 Å². The molecule has 0 bridgehead atoms. The van der Waals surface area contributed by atoms with Gasteiger partial charge in [0.1, 0.15) is 22.8 Å². The van der Waals surface area contributed by atoms with E-state index in [1.54, 1.807) is 24.3 Å². The van der Waals surface area contributed by atoms with E-state index in [1.807, 2.05) is 42.8 Å². The summed E-state index contributed by atoms with van der Waals surface area (Å²) in [6.45, 7) is 8.69. The topological polar surface area (TPSA) is 105 Å². The molecule has 0 aliphatic rings. The molecule has 3 rings (SSSR count). The molecule has 152 valence electrons. The van der Waals surface area contributed by atoms with Gasteiger partial charge < -0.3 is 5.11 Å². The normalized spacial score (nSPS) is 11.3. The van der Waals surface area contributed by atoms with Gasteiger partial charge in [-0.2, -0.15) is 10.4 Å². The van der Waals surface area contributed by atoms with Crippen molar-refractivity contribution in [3.8, 4) is 22.9 Å². The van der Waals surface area contributed by atoms with Crippen LogP contribution < -0.4 is 5.14 Å². The van der Waals surface area contributed by atoms with E-state index in [1.165, 1.54) is 6.42 Å². The zero-order chi connectivity index (χ0) is 21.6. The minimum Gasteiger partial charge on any atom is -0.507 e. The third-order valence-corrected chi connectivity index (χ3v) is 5.01. The van der Waals surface area contributed by atoms with Crippen LogP contribution in [0.2, 0.25) is 0 Å². The van der Waals surface area contributed by atoms with Gasteiger partial charge in [-0.15, -0.1) is 0 Å². The number of aryl methyl sites for hydroxylation is 1. The number of aromatic hydroxyl groups is 1. The lowest BCUT2D eigenvalue weighted by Gasteiger charge is -2.07. The summed E-state index contributed by atoms with van der Waals surface area (Å²) in [5, 5.41) is 28.9. The highest BCUT2D eigenvalue weighted by Crippen LogP contribution is 2.31. The molecule has 3 N–H and O–H groups in total. The van der Waals surface area contributed by atoms with Crippen LogP contribution in [0.3, 0.4) is 0 Å². The number of hydrogen-bond donors (Lipinski definition) is 2. The average molecular weight is 411 g/mol. The van der Waals surface area contributed by atoms with Crippen molar-refractivity contribution in [2.75, 3.05) is 0 Å². The van der Waals surface area contributed by atoms with Crippen molar-refractivity contribution in [3.05, 3.63) is 65.0 Å². The zero-order valence-electron chi connectivity index (χ0n) is 17.1. The highest BCUT2D eigenvalue weighted by molar-refractivity contribution is 7.82. The molecule has 6 nitrogen and oxygen atoms in total. The number of phenolic OH excluding ortho intramolecular Hbond substituents is 1. The maximum absolute atomic E-state index is 11.3. The van der Waals surface area contributed by atoms with Crippen LogP contribution in [0.1, 0.15) is 42.8 Å². The van der Waals surface area contributed by atoms with Gasteiger partial charge in [-0.3, -0.25) is 4.68 Å². The van der Waals surface area contributed by atoms with Crippen LogP contribution in [-0.2, 0) is 17.5 Å². The molecular weight excluding hydrogens is 384 g/mol. The van der Waals surface area contributed by atoms with Gasteiger partial charge >= 0.3 is 0 Å². The summed E-state index contributed by atoms with van der Waals surface area (Å²) in [6, 6.07) is 14.2. The second-order valence-corrected chi connectivity index (χ2v) is 7.76. The summed E-state index contributed by atoms with van der Waals surface area (Å²) in [5.74, 6) is -0.0399. The van der Waals surface area contributed by atoms with E-state index in [0.717, 1.165) is 28.1 Å². The SMILES string of the molecule is CCC.Cc1nn(Cc2ccc(S(N)=O)cc2)c(C)c1-c1ccc(C#N)c(O)c1. The number of nitriles is 1. The Hall–Kier alpha value is -2.95. The number of rotatable bonds is 4. The molecule has 7 heteroatoms. The lowest BCUT2D eigenvalue weighted by Crippen LogP contribution is -2.05. The molecular formula is C22H26N4O2S. The first-order valence-electron chi connectivity index (χ1n) is 9.34. The lowest BCUT2D eigenvalue weighted by atomic mass is 10.0. The van der Waals surface area contributed by atoms with Crippen molar-refractivity contribution in [1.29, 1.82) is 5.26 Å². The van der Waals surface area contributed by atoms with Crippen LogP contribution in [0.5, 0.6) is 5.75 Å². The molecule has 0 saturated carbocycles. The van der Waals surface area contributed by atoms with Crippen LogP contribution in [-0.4, -0.2) is 19.1 Å². The summed E-state index contributed by atoms with van der Waals surface area (Å²) in [4.78, 5) is 0.580. The van der Waals surface area contributed by atoms with Crippen LogP contribution in [0.25, 0.3) is 11.1 Å². The Morgan fingerprint density at radius 1 is 1.17 bits per heavy atom. The Morgan fingerprint density at radius 3 is 2.31 bits per heavy atom. The quantitative estimate of drug-likeness (QED) is 0.673. The lowest BCUT2D eigenvalue weighted by molar-refractivity contribution is 0.474. The van der Waals surface area contributed by atoms with Gasteiger partial charge in [-0.05, 0) is 49.2 Å². The van der Waals surface area contributed by atoms with Crippen molar-refractivity contribution in [1.82, 2.24) is 9.78 Å². The second kappa shape index (κ2) is 10.0. The molecule has 2 aromatic carbocycles. The van der Waals surface area contributed by atoms with E-state index in [2.05, 4.69) is 18.9 Å². The standard InChI is InChI=1S/C19H18N4O2S.C3H8/c1-12-19(15-5-6-16(10-20)18(24)9-15)13(2)23(22-12)11-14-3-7-17(8-4-14)26(21)25;1-3-2/h3-9,24H,11,21H2,1-2H3;3H2,1-2H3. The number of benzene rings is 2. The second-order valence-electron chi connectivity index (χ2n) is 6.70. The van der Waals surface area contributed by atoms with Crippen molar-refractivity contribution >= 4 is 11.0 Å². The summed E-state index contributed by atoms with van der Waals surface area (Å²) in [7, 11) is -1.49. The number of hydrogen-bond acceptors (Lipinski definition) is 4. The minimum absolute atomic E-state index is 0.0399. The van der Waals surface area contributed by atoms with Crippen molar-refractivity contribution < 1.29 is 9.32 Å². The molecule has 0 radical (unpaired) electrons. The molecule has 0 fully saturated rings. The first-order valence-corrected chi connectivity index (χ1v) is 10.6. The van der Waals surface area contributed by atoms with Gasteiger partial charge in [-0.25, -0.2) is 9.35 Å². The molecule has 1 unspecified atom stereocenters. The van der Waals surface area contributed by atoms with Gasteiger partial charge in [0.2, 0.25) is 0 Å². The van der Waals surface area contributed by atoms with E-state index in [4.69, 9.17) is 10.4 Å². The number of nitrogens with zero attached hydrogens (tertiary/aromatic N) is 3. The monoisotopic (exact) mass is 410 g/mol. The fourth-order valence-corrected chi connectivity index (χ4v) is 3.36. The maximum atomic E-state index is 11.3. The van der Waals surface area contributed by atoms with Crippen LogP contribution in [0, 0.1) is 25.2 Å². The Morgan fingerprint density at radius 2 is 1.79 bits per heavy atom. The first kappa shape index (κ1) is 22.3. The van der Waals surface area contributed by atoms with E-state index >= 15 is 0 Å². The largest absolute Gasteiger partial charge is 0.507 e.